The molecule has 0 bridgehead atoms. The van der Waals surface area contributed by atoms with Crippen LogP contribution in [0.25, 0.3) is 0 Å². The number of carbonyl (C=O) groups is 2. The van der Waals surface area contributed by atoms with Crippen LogP contribution in [0.15, 0.2) is 24.3 Å². The average molecular weight is 331 g/mol. The van der Waals surface area contributed by atoms with Gasteiger partial charge in [-0.15, -0.1) is 0 Å². The van der Waals surface area contributed by atoms with Crippen LogP contribution in [0, 0.1) is 5.92 Å². The van der Waals surface area contributed by atoms with E-state index in [9.17, 15) is 9.59 Å². The zero-order valence-electron chi connectivity index (χ0n) is 15.1. The van der Waals surface area contributed by atoms with Crippen molar-refractivity contribution in [1.82, 2.24) is 15.5 Å². The molecule has 3 amide bonds. The van der Waals surface area contributed by atoms with Crippen LogP contribution in [-0.2, 0) is 4.79 Å². The summed E-state index contributed by atoms with van der Waals surface area (Å²) in [5, 5.41) is 5.98. The largest absolute Gasteiger partial charge is 0.336 e. The molecule has 0 unspecified atom stereocenters. The Morgan fingerprint density at radius 1 is 1.21 bits per heavy atom. The topological polar surface area (TPSA) is 61.4 Å². The van der Waals surface area contributed by atoms with Crippen molar-refractivity contribution in [3.63, 3.8) is 0 Å². The summed E-state index contributed by atoms with van der Waals surface area (Å²) in [6, 6.07) is 8.44. The zero-order chi connectivity index (χ0) is 17.7. The number of benzene rings is 1. The summed E-state index contributed by atoms with van der Waals surface area (Å²) in [7, 11) is 0. The molecule has 132 valence electrons. The maximum atomic E-state index is 12.2. The van der Waals surface area contributed by atoms with Crippen molar-refractivity contribution in [2.24, 2.45) is 5.92 Å². The number of carbonyl (C=O) groups excluding carboxylic acids is 2. The first-order valence-electron chi connectivity index (χ1n) is 8.85. The van der Waals surface area contributed by atoms with E-state index in [2.05, 4.69) is 62.6 Å². The predicted molar refractivity (Wildman–Crippen MR) is 95.8 cm³/mol. The summed E-state index contributed by atoms with van der Waals surface area (Å²) in [6.45, 7) is 9.85. The SMILES string of the molecule is CC[C@@H](C)c1ccc([C@@H](NCC(=O)N2CCNC2=O)C(C)C)cc1. The van der Waals surface area contributed by atoms with Crippen molar-refractivity contribution in [3.8, 4) is 0 Å². The molecule has 2 rings (SSSR count). The number of urea groups is 1. The van der Waals surface area contributed by atoms with Crippen molar-refractivity contribution < 1.29 is 9.59 Å². The van der Waals surface area contributed by atoms with E-state index in [1.54, 1.807) is 0 Å². The van der Waals surface area contributed by atoms with Gasteiger partial charge >= 0.3 is 6.03 Å². The lowest BCUT2D eigenvalue weighted by atomic mass is 9.92. The molecule has 5 nitrogen and oxygen atoms in total. The van der Waals surface area contributed by atoms with Gasteiger partial charge in [-0.1, -0.05) is 52.0 Å². The number of hydrogen-bond acceptors (Lipinski definition) is 3. The third-order valence-electron chi connectivity index (χ3n) is 4.77. The first-order valence-corrected chi connectivity index (χ1v) is 8.85. The lowest BCUT2D eigenvalue weighted by Gasteiger charge is -2.24. The Morgan fingerprint density at radius 2 is 1.83 bits per heavy atom. The van der Waals surface area contributed by atoms with E-state index in [4.69, 9.17) is 0 Å². The number of imide groups is 1. The fraction of sp³-hybridized carbons (Fsp3) is 0.579. The zero-order valence-corrected chi connectivity index (χ0v) is 15.1. The number of hydrogen-bond donors (Lipinski definition) is 2. The van der Waals surface area contributed by atoms with Gasteiger partial charge in [-0.25, -0.2) is 4.79 Å². The van der Waals surface area contributed by atoms with Crippen LogP contribution in [0.3, 0.4) is 0 Å². The molecule has 5 heteroatoms. The highest BCUT2D eigenvalue weighted by molar-refractivity contribution is 5.96. The van der Waals surface area contributed by atoms with Gasteiger partial charge in [-0.2, -0.15) is 0 Å². The lowest BCUT2D eigenvalue weighted by molar-refractivity contribution is -0.126. The molecular weight excluding hydrogens is 302 g/mol. The van der Waals surface area contributed by atoms with Crippen LogP contribution in [0.5, 0.6) is 0 Å². The predicted octanol–water partition coefficient (Wildman–Crippen LogP) is 3.04. The minimum absolute atomic E-state index is 0.0885. The molecule has 0 radical (unpaired) electrons. The van der Waals surface area contributed by atoms with Gasteiger partial charge in [0.1, 0.15) is 0 Å². The molecule has 1 aromatic carbocycles. The minimum Gasteiger partial charge on any atom is -0.336 e. The summed E-state index contributed by atoms with van der Waals surface area (Å²) >= 11 is 0. The highest BCUT2D eigenvalue weighted by Crippen LogP contribution is 2.25. The van der Waals surface area contributed by atoms with Gasteiger partial charge < -0.3 is 10.6 Å². The van der Waals surface area contributed by atoms with E-state index in [1.165, 1.54) is 16.0 Å². The van der Waals surface area contributed by atoms with Gasteiger partial charge in [-0.05, 0) is 29.4 Å². The molecule has 1 saturated heterocycles. The molecule has 1 heterocycles. The first-order chi connectivity index (χ1) is 11.4. The van der Waals surface area contributed by atoms with Crippen molar-refractivity contribution in [2.75, 3.05) is 19.6 Å². The third-order valence-corrected chi connectivity index (χ3v) is 4.77. The minimum atomic E-state index is -0.291. The maximum absolute atomic E-state index is 12.2. The second kappa shape index (κ2) is 8.29. The quantitative estimate of drug-likeness (QED) is 0.807. The van der Waals surface area contributed by atoms with Gasteiger partial charge in [0.2, 0.25) is 5.91 Å². The van der Waals surface area contributed by atoms with E-state index in [-0.39, 0.29) is 24.5 Å². The number of rotatable bonds is 7. The van der Waals surface area contributed by atoms with Crippen LogP contribution in [0.2, 0.25) is 0 Å². The van der Waals surface area contributed by atoms with Crippen LogP contribution in [0.4, 0.5) is 4.79 Å². The molecule has 0 spiro atoms. The average Bonchev–Trinajstić information content (AvgIpc) is 3.00. The lowest BCUT2D eigenvalue weighted by Crippen LogP contribution is -2.41. The second-order valence-corrected chi connectivity index (χ2v) is 6.86. The Bertz CT molecular complexity index is 568. The number of nitrogens with one attached hydrogen (secondary N) is 2. The van der Waals surface area contributed by atoms with Crippen LogP contribution in [-0.4, -0.2) is 36.5 Å². The molecular formula is C19H29N3O2. The van der Waals surface area contributed by atoms with Gasteiger partial charge in [0.15, 0.2) is 0 Å². The van der Waals surface area contributed by atoms with E-state index in [0.717, 1.165) is 6.42 Å². The Hall–Kier alpha value is -1.88. The van der Waals surface area contributed by atoms with Crippen molar-refractivity contribution in [2.45, 2.75) is 46.1 Å². The first kappa shape index (κ1) is 18.5. The van der Waals surface area contributed by atoms with Crippen LogP contribution in [0.1, 0.15) is 57.2 Å². The summed E-state index contributed by atoms with van der Waals surface area (Å²) in [6.07, 6.45) is 1.12. The standard InChI is InChI=1S/C19H29N3O2/c1-5-14(4)15-6-8-16(9-7-15)18(13(2)3)21-12-17(23)22-11-10-20-19(22)24/h6-9,13-14,18,21H,5,10-12H2,1-4H3,(H,20,24)/t14-,18+/m1/s1. The summed E-state index contributed by atoms with van der Waals surface area (Å²) in [4.78, 5) is 25.0. The van der Waals surface area contributed by atoms with Gasteiger partial charge in [0.05, 0.1) is 6.54 Å². The molecule has 1 aromatic rings. The second-order valence-electron chi connectivity index (χ2n) is 6.86. The van der Waals surface area contributed by atoms with E-state index in [1.807, 2.05) is 0 Å². The molecule has 0 aliphatic carbocycles. The van der Waals surface area contributed by atoms with Crippen molar-refractivity contribution in [1.29, 1.82) is 0 Å². The monoisotopic (exact) mass is 331 g/mol. The summed E-state index contributed by atoms with van der Waals surface area (Å²) in [5.74, 6) is 0.728. The highest BCUT2D eigenvalue weighted by Gasteiger charge is 2.26. The van der Waals surface area contributed by atoms with E-state index >= 15 is 0 Å². The molecule has 24 heavy (non-hydrogen) atoms. The molecule has 0 saturated carbocycles. The Balaban J connectivity index is 2.01. The van der Waals surface area contributed by atoms with Gasteiger partial charge in [0.25, 0.3) is 0 Å². The molecule has 1 aliphatic rings. The summed E-state index contributed by atoms with van der Waals surface area (Å²) < 4.78 is 0. The van der Waals surface area contributed by atoms with Crippen LogP contribution < -0.4 is 10.6 Å². The molecule has 0 aromatic heterocycles. The van der Waals surface area contributed by atoms with Crippen molar-refractivity contribution in [3.05, 3.63) is 35.4 Å². The maximum Gasteiger partial charge on any atom is 0.324 e. The Morgan fingerprint density at radius 3 is 2.33 bits per heavy atom. The molecule has 2 N–H and O–H groups in total. The Labute approximate surface area is 144 Å². The van der Waals surface area contributed by atoms with Gasteiger partial charge in [-0.3, -0.25) is 9.69 Å². The fourth-order valence-corrected chi connectivity index (χ4v) is 3.01. The summed E-state index contributed by atoms with van der Waals surface area (Å²) in [5.41, 5.74) is 2.52. The van der Waals surface area contributed by atoms with Crippen LogP contribution >= 0.6 is 0 Å². The highest BCUT2D eigenvalue weighted by atomic mass is 16.2. The van der Waals surface area contributed by atoms with Gasteiger partial charge in [0, 0.05) is 19.1 Å². The third kappa shape index (κ3) is 4.35. The fourth-order valence-electron chi connectivity index (χ4n) is 3.01. The number of amides is 3. The number of nitrogens with zero attached hydrogens (tertiary/aromatic N) is 1. The van der Waals surface area contributed by atoms with E-state index < -0.39 is 0 Å². The molecule has 1 aliphatic heterocycles. The molecule has 1 fully saturated rings. The van der Waals surface area contributed by atoms with Crippen molar-refractivity contribution >= 4 is 11.9 Å². The normalized spacial score (nSPS) is 17.0. The smallest absolute Gasteiger partial charge is 0.324 e. The molecule has 2 atom stereocenters. The van der Waals surface area contributed by atoms with E-state index in [0.29, 0.717) is 24.9 Å². The Kier molecular flexibility index (Phi) is 6.37.